The number of ether oxygens (including phenoxy) is 1. The lowest BCUT2D eigenvalue weighted by molar-refractivity contribution is 0.0767. The molecular weight excluding hydrogens is 412 g/mol. The van der Waals surface area contributed by atoms with Crippen molar-refractivity contribution in [3.05, 3.63) is 64.8 Å². The van der Waals surface area contributed by atoms with Gasteiger partial charge in [-0.1, -0.05) is 6.07 Å². The van der Waals surface area contributed by atoms with Gasteiger partial charge in [-0.15, -0.1) is 0 Å². The molecule has 0 bridgehead atoms. The molecule has 2 fully saturated rings. The maximum Gasteiger partial charge on any atom is 0.249 e. The zero-order chi connectivity index (χ0) is 23.3. The van der Waals surface area contributed by atoms with Crippen LogP contribution in [0.1, 0.15) is 46.3 Å². The molecule has 1 aromatic heterocycles. The Bertz CT molecular complexity index is 1230. The Morgan fingerprint density at radius 3 is 2.64 bits per heavy atom. The number of carbonyl (C=O) groups excluding carboxylic acids is 1. The van der Waals surface area contributed by atoms with Crippen LogP contribution in [0.5, 0.6) is 5.75 Å². The number of nitrogens with two attached hydrogens (primary N) is 1. The molecular formula is C27H32N4O2. The molecule has 0 spiro atoms. The molecule has 2 heterocycles. The minimum Gasteiger partial charge on any atom is -0.492 e. The lowest BCUT2D eigenvalue weighted by Crippen LogP contribution is -2.48. The Morgan fingerprint density at radius 1 is 1.24 bits per heavy atom. The van der Waals surface area contributed by atoms with E-state index in [4.69, 9.17) is 10.5 Å². The molecule has 1 amide bonds. The lowest BCUT2D eigenvalue weighted by Gasteiger charge is -2.37. The molecule has 1 atom stereocenters. The molecule has 5 rings (SSSR count). The van der Waals surface area contributed by atoms with Gasteiger partial charge in [-0.2, -0.15) is 0 Å². The van der Waals surface area contributed by atoms with Gasteiger partial charge in [0.2, 0.25) is 5.91 Å². The second kappa shape index (κ2) is 8.03. The van der Waals surface area contributed by atoms with Gasteiger partial charge in [0.1, 0.15) is 12.4 Å². The second-order valence-corrected chi connectivity index (χ2v) is 9.78. The van der Waals surface area contributed by atoms with E-state index in [1.165, 1.54) is 5.56 Å². The summed E-state index contributed by atoms with van der Waals surface area (Å²) in [7, 11) is 6.22. The lowest BCUT2D eigenvalue weighted by atomic mass is 9.81. The molecule has 1 aliphatic carbocycles. The summed E-state index contributed by atoms with van der Waals surface area (Å²) in [5.41, 5.74) is 11.6. The van der Waals surface area contributed by atoms with Gasteiger partial charge in [0.25, 0.3) is 0 Å². The minimum atomic E-state index is -0.413. The molecule has 1 saturated heterocycles. The third kappa shape index (κ3) is 3.72. The number of hydrogen-bond acceptors (Lipinski definition) is 5. The van der Waals surface area contributed by atoms with Crippen molar-refractivity contribution in [1.29, 1.82) is 0 Å². The Hall–Kier alpha value is -3.12. The highest BCUT2D eigenvalue weighted by molar-refractivity contribution is 5.96. The fraction of sp³-hybridized carbons (Fsp3) is 0.407. The van der Waals surface area contributed by atoms with Gasteiger partial charge in [0.15, 0.2) is 0 Å². The number of nitrogens with zero attached hydrogens (tertiary/aromatic N) is 3. The number of anilines is 1. The van der Waals surface area contributed by atoms with E-state index in [1.54, 1.807) is 0 Å². The number of primary amides is 1. The number of amides is 1. The molecule has 1 unspecified atom stereocenters. The summed E-state index contributed by atoms with van der Waals surface area (Å²) in [6.07, 6.45) is 5.01. The summed E-state index contributed by atoms with van der Waals surface area (Å²) in [6, 6.07) is 12.9. The van der Waals surface area contributed by atoms with Crippen LogP contribution < -0.4 is 15.4 Å². The van der Waals surface area contributed by atoms with Crippen molar-refractivity contribution >= 4 is 22.5 Å². The van der Waals surface area contributed by atoms with Crippen molar-refractivity contribution in [2.75, 3.05) is 39.2 Å². The van der Waals surface area contributed by atoms with Crippen LogP contribution in [0.3, 0.4) is 0 Å². The van der Waals surface area contributed by atoms with Crippen LogP contribution in [0.4, 0.5) is 5.69 Å². The van der Waals surface area contributed by atoms with E-state index in [0.29, 0.717) is 18.2 Å². The monoisotopic (exact) mass is 444 g/mol. The van der Waals surface area contributed by atoms with E-state index < -0.39 is 5.91 Å². The van der Waals surface area contributed by atoms with Crippen molar-refractivity contribution in [3.63, 3.8) is 0 Å². The van der Waals surface area contributed by atoms with E-state index in [9.17, 15) is 4.79 Å². The highest BCUT2D eigenvalue weighted by atomic mass is 16.5. The fourth-order valence-electron chi connectivity index (χ4n) is 5.13. The van der Waals surface area contributed by atoms with Gasteiger partial charge in [-0.3, -0.25) is 14.7 Å². The number of rotatable bonds is 7. The van der Waals surface area contributed by atoms with Gasteiger partial charge >= 0.3 is 0 Å². The number of fused-ring (bicyclic) bond motifs is 1. The van der Waals surface area contributed by atoms with E-state index in [1.807, 2.05) is 25.3 Å². The number of likely N-dealkylation sites (N-methyl/N-ethyl adjacent to an activating group) is 1. The highest BCUT2D eigenvalue weighted by Gasteiger charge is 2.48. The third-order valence-corrected chi connectivity index (χ3v) is 7.53. The van der Waals surface area contributed by atoms with Gasteiger partial charge < -0.3 is 15.4 Å². The number of likely N-dealkylation sites (tertiary alicyclic amines) is 1. The summed E-state index contributed by atoms with van der Waals surface area (Å²) in [5.74, 6) is 0.312. The Balaban J connectivity index is 1.63. The first-order chi connectivity index (χ1) is 15.8. The maximum atomic E-state index is 12.4. The van der Waals surface area contributed by atoms with Crippen molar-refractivity contribution < 1.29 is 9.53 Å². The van der Waals surface area contributed by atoms with E-state index in [2.05, 4.69) is 60.2 Å². The summed E-state index contributed by atoms with van der Waals surface area (Å²) in [6.45, 7) is 3.73. The highest BCUT2D eigenvalue weighted by Crippen LogP contribution is 2.57. The summed E-state index contributed by atoms with van der Waals surface area (Å²) in [4.78, 5) is 21.4. The van der Waals surface area contributed by atoms with Crippen molar-refractivity contribution in [2.45, 2.75) is 37.6 Å². The van der Waals surface area contributed by atoms with Crippen LogP contribution in [0.25, 0.3) is 10.9 Å². The number of hydrogen-bond donors (Lipinski definition) is 1. The Kier molecular flexibility index (Phi) is 5.28. The van der Waals surface area contributed by atoms with Crippen molar-refractivity contribution in [1.82, 2.24) is 9.88 Å². The topological polar surface area (TPSA) is 71.7 Å². The second-order valence-electron chi connectivity index (χ2n) is 9.78. The first kappa shape index (κ1) is 21.7. The van der Waals surface area contributed by atoms with Crippen LogP contribution >= 0.6 is 0 Å². The molecule has 2 aliphatic rings. The van der Waals surface area contributed by atoms with Crippen molar-refractivity contribution in [3.8, 4) is 5.75 Å². The summed E-state index contributed by atoms with van der Waals surface area (Å²) in [5, 5.41) is 1.16. The Labute approximate surface area is 195 Å². The summed E-state index contributed by atoms with van der Waals surface area (Å²) >= 11 is 0. The largest absolute Gasteiger partial charge is 0.492 e. The third-order valence-electron chi connectivity index (χ3n) is 7.53. The predicted octanol–water partition coefficient (Wildman–Crippen LogP) is 3.87. The number of benzene rings is 2. The zero-order valence-electron chi connectivity index (χ0n) is 19.9. The van der Waals surface area contributed by atoms with Crippen LogP contribution in [0, 0.1) is 6.92 Å². The molecule has 6 heteroatoms. The average Bonchev–Trinajstić information content (AvgIpc) is 3.59. The number of carbonyl (C=O) groups is 1. The molecule has 6 nitrogen and oxygen atoms in total. The first-order valence-corrected chi connectivity index (χ1v) is 11.6. The van der Waals surface area contributed by atoms with Crippen LogP contribution in [-0.2, 0) is 5.41 Å². The van der Waals surface area contributed by atoms with E-state index in [0.717, 1.165) is 59.3 Å². The number of pyridine rings is 1. The van der Waals surface area contributed by atoms with Crippen LogP contribution in [0.2, 0.25) is 0 Å². The standard InChI is InChI=1S/C27H32N4O2/c1-17-22(26(28)32)14-20(33-16-18-7-11-31(18)4)15-23(17)27(8-9-27)24-12-19(30(2)3)13-25-21(24)6-5-10-29-25/h5-6,10,12-15,18H,7-9,11,16H2,1-4H3,(H2,28,32). The van der Waals surface area contributed by atoms with Crippen LogP contribution in [0.15, 0.2) is 42.6 Å². The van der Waals surface area contributed by atoms with E-state index in [-0.39, 0.29) is 5.41 Å². The quantitative estimate of drug-likeness (QED) is 0.599. The zero-order valence-corrected chi connectivity index (χ0v) is 19.9. The molecule has 2 N–H and O–H groups in total. The summed E-state index contributed by atoms with van der Waals surface area (Å²) < 4.78 is 6.21. The smallest absolute Gasteiger partial charge is 0.249 e. The molecule has 1 aliphatic heterocycles. The van der Waals surface area contributed by atoms with Crippen molar-refractivity contribution in [2.24, 2.45) is 5.73 Å². The predicted molar refractivity (Wildman–Crippen MR) is 132 cm³/mol. The molecule has 3 aromatic rings. The van der Waals surface area contributed by atoms with Gasteiger partial charge in [-0.05, 0) is 86.8 Å². The fourth-order valence-corrected chi connectivity index (χ4v) is 5.13. The maximum absolute atomic E-state index is 12.4. The van der Waals surface area contributed by atoms with Gasteiger partial charge in [-0.25, -0.2) is 0 Å². The molecule has 33 heavy (non-hydrogen) atoms. The van der Waals surface area contributed by atoms with Crippen LogP contribution in [-0.4, -0.2) is 56.1 Å². The molecule has 172 valence electrons. The number of aromatic nitrogens is 1. The normalized spacial score (nSPS) is 19.2. The van der Waals surface area contributed by atoms with E-state index >= 15 is 0 Å². The molecule has 1 saturated carbocycles. The van der Waals surface area contributed by atoms with Gasteiger partial charge in [0.05, 0.1) is 5.52 Å². The average molecular weight is 445 g/mol. The Morgan fingerprint density at radius 2 is 2.03 bits per heavy atom. The molecule has 2 aromatic carbocycles. The minimum absolute atomic E-state index is 0.172. The first-order valence-electron chi connectivity index (χ1n) is 11.6. The SMILES string of the molecule is Cc1c(C(N)=O)cc(OCC2CCN2C)cc1C1(c2cc(N(C)C)cc3ncccc23)CC1. The van der Waals surface area contributed by atoms with Gasteiger partial charge in [0, 0.05) is 48.4 Å². The molecule has 0 radical (unpaired) electrons.